The van der Waals surface area contributed by atoms with E-state index in [1.807, 2.05) is 22.8 Å². The van der Waals surface area contributed by atoms with Crippen LogP contribution in [-0.4, -0.2) is 64.8 Å². The van der Waals surface area contributed by atoms with E-state index in [1.165, 1.54) is 44.6 Å². The lowest BCUT2D eigenvalue weighted by molar-refractivity contribution is -0.0189. The molecule has 1 unspecified atom stereocenters. The minimum absolute atomic E-state index is 0.174. The number of hydrogen-bond acceptors (Lipinski definition) is 5. The normalized spacial score (nSPS) is 32.2. The molecule has 5 aliphatic heterocycles. The Balaban J connectivity index is 1.00. The van der Waals surface area contributed by atoms with Crippen molar-refractivity contribution in [3.63, 3.8) is 0 Å². The van der Waals surface area contributed by atoms with Gasteiger partial charge in [-0.05, 0) is 74.0 Å². The number of likely N-dealkylation sites (tertiary alicyclic amines) is 1. The first-order valence-corrected chi connectivity index (χ1v) is 13.2. The molecule has 0 radical (unpaired) electrons. The number of aromatic nitrogens is 1. The van der Waals surface area contributed by atoms with Crippen LogP contribution in [0.25, 0.3) is 0 Å². The van der Waals surface area contributed by atoms with Crippen molar-refractivity contribution in [1.29, 1.82) is 0 Å². The first-order chi connectivity index (χ1) is 16.6. The lowest BCUT2D eigenvalue weighted by Gasteiger charge is -2.52. The summed E-state index contributed by atoms with van der Waals surface area (Å²) in [6.45, 7) is 8.28. The average molecular weight is 482 g/mol. The molecule has 0 saturated carbocycles. The minimum atomic E-state index is 0.174. The standard InChI is InChI=1S/C26H35N5O2S/c32-25-5-1-4-24-20-9-18(14-31(24)25)13-29(15-20)16-21-17-30-7-6-19(21)10-22(30)11-27-26(34)28-12-23-3-2-8-33-23/h1-5,8,18-22H,6-7,9-17H2,(H2,27,28,34)/t18-,19-,20+,21-,22+/m0/s1. The van der Waals surface area contributed by atoms with E-state index in [4.69, 9.17) is 16.6 Å². The van der Waals surface area contributed by atoms with E-state index >= 15 is 0 Å². The summed E-state index contributed by atoms with van der Waals surface area (Å²) in [4.78, 5) is 17.7. The molecule has 0 aromatic carbocycles. The molecule has 2 N–H and O–H groups in total. The number of fused-ring (bicyclic) bond motifs is 7. The summed E-state index contributed by atoms with van der Waals surface area (Å²) in [7, 11) is 0. The van der Waals surface area contributed by atoms with Gasteiger partial charge in [0.2, 0.25) is 0 Å². The summed E-state index contributed by atoms with van der Waals surface area (Å²) < 4.78 is 7.40. The van der Waals surface area contributed by atoms with Crippen LogP contribution in [0.1, 0.15) is 36.6 Å². The van der Waals surface area contributed by atoms with Gasteiger partial charge in [-0.1, -0.05) is 6.07 Å². The SMILES string of the molecule is O=c1cccc2n1C[C@H]1C[C@@H]2CN(C[C@H]2CN3CC[C@H]2C[C@@H]3CNC(=S)NCc2ccco2)C1. The van der Waals surface area contributed by atoms with Crippen LogP contribution in [0, 0.1) is 17.8 Å². The molecule has 6 atom stereocenters. The summed E-state index contributed by atoms with van der Waals surface area (Å²) in [5.41, 5.74) is 1.43. The van der Waals surface area contributed by atoms with Gasteiger partial charge >= 0.3 is 0 Å². The fourth-order valence-corrected chi connectivity index (χ4v) is 7.15. The quantitative estimate of drug-likeness (QED) is 0.614. The van der Waals surface area contributed by atoms with Crippen molar-refractivity contribution in [3.05, 3.63) is 58.4 Å². The van der Waals surface area contributed by atoms with Gasteiger partial charge in [-0.25, -0.2) is 0 Å². The number of pyridine rings is 1. The molecule has 34 heavy (non-hydrogen) atoms. The second-order valence-electron chi connectivity index (χ2n) is 10.8. The van der Waals surface area contributed by atoms with Gasteiger partial charge in [-0.3, -0.25) is 9.69 Å². The van der Waals surface area contributed by atoms with Crippen LogP contribution in [0.2, 0.25) is 0 Å². The molecular weight excluding hydrogens is 446 g/mol. The maximum Gasteiger partial charge on any atom is 0.250 e. The number of piperidine rings is 4. The monoisotopic (exact) mass is 481 g/mol. The van der Waals surface area contributed by atoms with Crippen LogP contribution in [0.15, 0.2) is 45.8 Å². The highest BCUT2D eigenvalue weighted by Gasteiger charge is 2.42. The van der Waals surface area contributed by atoms with Crippen LogP contribution >= 0.6 is 12.2 Å². The molecule has 4 saturated heterocycles. The number of rotatable bonds is 6. The molecule has 7 rings (SSSR count). The van der Waals surface area contributed by atoms with Crippen LogP contribution in [0.3, 0.4) is 0 Å². The second-order valence-corrected chi connectivity index (χ2v) is 11.2. The molecule has 2 aromatic rings. The van der Waals surface area contributed by atoms with E-state index in [-0.39, 0.29) is 5.56 Å². The van der Waals surface area contributed by atoms with Crippen molar-refractivity contribution < 1.29 is 4.42 Å². The Morgan fingerprint density at radius 1 is 1.09 bits per heavy atom. The molecule has 7 nitrogen and oxygen atoms in total. The number of thiocarbonyl (C=S) groups is 1. The molecule has 4 fully saturated rings. The van der Waals surface area contributed by atoms with Gasteiger partial charge in [0.05, 0.1) is 12.8 Å². The van der Waals surface area contributed by atoms with Crippen molar-refractivity contribution >= 4 is 17.3 Å². The minimum Gasteiger partial charge on any atom is -0.467 e. The van der Waals surface area contributed by atoms with Crippen molar-refractivity contribution in [2.75, 3.05) is 39.3 Å². The Morgan fingerprint density at radius 2 is 2.03 bits per heavy atom. The highest BCUT2D eigenvalue weighted by Crippen LogP contribution is 2.39. The number of nitrogens with one attached hydrogen (secondary N) is 2. The third-order valence-electron chi connectivity index (χ3n) is 8.56. The van der Waals surface area contributed by atoms with E-state index in [1.54, 1.807) is 12.3 Å². The van der Waals surface area contributed by atoms with E-state index < -0.39 is 0 Å². The lowest BCUT2D eigenvalue weighted by atomic mass is 9.74. The second kappa shape index (κ2) is 9.47. The summed E-state index contributed by atoms with van der Waals surface area (Å²) in [5.74, 6) is 3.57. The lowest BCUT2D eigenvalue weighted by Crippen LogP contribution is -2.59. The summed E-state index contributed by atoms with van der Waals surface area (Å²) in [5, 5.41) is 7.38. The molecule has 5 aliphatic rings. The predicted molar refractivity (Wildman–Crippen MR) is 136 cm³/mol. The first kappa shape index (κ1) is 22.3. The van der Waals surface area contributed by atoms with Crippen LogP contribution in [-0.2, 0) is 13.1 Å². The van der Waals surface area contributed by atoms with E-state index in [0.717, 1.165) is 43.8 Å². The van der Waals surface area contributed by atoms with Gasteiger partial charge < -0.3 is 24.5 Å². The molecule has 7 heterocycles. The summed E-state index contributed by atoms with van der Waals surface area (Å²) in [6.07, 6.45) is 5.51. The van der Waals surface area contributed by atoms with Gasteiger partial charge in [0, 0.05) is 63.0 Å². The highest BCUT2D eigenvalue weighted by atomic mass is 32.1. The first-order valence-electron chi connectivity index (χ1n) is 12.8. The number of furan rings is 1. The molecule has 4 bridgehead atoms. The number of hydrogen-bond donors (Lipinski definition) is 2. The Morgan fingerprint density at radius 3 is 2.85 bits per heavy atom. The maximum atomic E-state index is 12.3. The third kappa shape index (κ3) is 4.55. The Hall–Kier alpha value is -2.16. The van der Waals surface area contributed by atoms with E-state index in [2.05, 4.69) is 26.5 Å². The molecule has 0 aliphatic carbocycles. The number of nitrogens with zero attached hydrogens (tertiary/aromatic N) is 3. The molecule has 0 amide bonds. The molecule has 0 spiro atoms. The van der Waals surface area contributed by atoms with E-state index in [0.29, 0.717) is 29.5 Å². The fraction of sp³-hybridized carbons (Fsp3) is 0.615. The Bertz CT molecular complexity index is 1070. The van der Waals surface area contributed by atoms with Crippen LogP contribution in [0.5, 0.6) is 0 Å². The van der Waals surface area contributed by atoms with Crippen molar-refractivity contribution in [2.24, 2.45) is 17.8 Å². The van der Waals surface area contributed by atoms with Gasteiger partial charge in [0.15, 0.2) is 5.11 Å². The predicted octanol–water partition coefficient (Wildman–Crippen LogP) is 2.24. The smallest absolute Gasteiger partial charge is 0.250 e. The average Bonchev–Trinajstić information content (AvgIpc) is 3.37. The van der Waals surface area contributed by atoms with Gasteiger partial charge in [0.25, 0.3) is 5.56 Å². The van der Waals surface area contributed by atoms with Gasteiger partial charge in [-0.15, -0.1) is 0 Å². The zero-order valence-electron chi connectivity index (χ0n) is 19.7. The zero-order valence-corrected chi connectivity index (χ0v) is 20.5. The molecule has 2 aromatic heterocycles. The fourth-order valence-electron chi connectivity index (χ4n) is 7.00. The zero-order chi connectivity index (χ0) is 23.1. The Kier molecular flexibility index (Phi) is 6.22. The largest absolute Gasteiger partial charge is 0.467 e. The molecule has 8 heteroatoms. The topological polar surface area (TPSA) is 65.7 Å². The summed E-state index contributed by atoms with van der Waals surface area (Å²) >= 11 is 5.48. The molecular formula is C26H35N5O2S. The van der Waals surface area contributed by atoms with Gasteiger partial charge in [-0.2, -0.15) is 0 Å². The van der Waals surface area contributed by atoms with Crippen molar-refractivity contribution in [3.8, 4) is 0 Å². The van der Waals surface area contributed by atoms with Crippen molar-refractivity contribution in [1.82, 2.24) is 25.0 Å². The molecule has 182 valence electrons. The Labute approximate surface area is 206 Å². The summed E-state index contributed by atoms with van der Waals surface area (Å²) in [6, 6.07) is 10.2. The highest BCUT2D eigenvalue weighted by molar-refractivity contribution is 7.80. The third-order valence-corrected chi connectivity index (χ3v) is 8.85. The van der Waals surface area contributed by atoms with Gasteiger partial charge in [0.1, 0.15) is 5.76 Å². The maximum absolute atomic E-state index is 12.3. The van der Waals surface area contributed by atoms with Crippen LogP contribution in [0.4, 0.5) is 0 Å². The van der Waals surface area contributed by atoms with E-state index in [9.17, 15) is 4.79 Å². The van der Waals surface area contributed by atoms with Crippen LogP contribution < -0.4 is 16.2 Å². The van der Waals surface area contributed by atoms with Crippen molar-refractivity contribution in [2.45, 2.75) is 44.3 Å².